The van der Waals surface area contributed by atoms with Gasteiger partial charge in [-0.3, -0.25) is 19.3 Å². The van der Waals surface area contributed by atoms with Gasteiger partial charge in [0.1, 0.15) is 23.2 Å². The molecule has 15 nitrogen and oxygen atoms in total. The van der Waals surface area contributed by atoms with Crippen molar-refractivity contribution in [2.75, 3.05) is 31.7 Å². The van der Waals surface area contributed by atoms with E-state index >= 15 is 0 Å². The molecule has 55 heavy (non-hydrogen) atoms. The first-order valence-corrected chi connectivity index (χ1v) is 18.3. The van der Waals surface area contributed by atoms with E-state index in [1.165, 1.54) is 0 Å². The summed E-state index contributed by atoms with van der Waals surface area (Å²) in [6.07, 6.45) is 9.71. The molecule has 0 atom stereocenters. The maximum absolute atomic E-state index is 5.97. The highest BCUT2D eigenvalue weighted by Gasteiger charge is 2.22. The standard InChI is InChI=1S/C23H25N7O2.C16H15ClN4O2/c1-14(2)15-7-23(28-25-9-15)27-22-5-4-19-20(26-22)6-16(8-24-19)18-10-30(3)29-21(18)13-32-17-11-31-12-17;1-21-6-12(15(20-21)9-23-11-7-22-8-11)10-4-14-13(18-5-10)2-3-16(17)19-14/h4-10,14,17H,11-13H2,1-3H3,(H,26,27,28);2-6,11H,7-9H2,1H3. The lowest BCUT2D eigenvalue weighted by Gasteiger charge is -2.25. The number of fused-ring (bicyclic) bond motifs is 2. The largest absolute Gasteiger partial charge is 0.376 e. The zero-order valence-corrected chi connectivity index (χ0v) is 31.6. The molecule has 0 radical (unpaired) electrons. The van der Waals surface area contributed by atoms with Crippen LogP contribution in [0.3, 0.4) is 0 Å². The van der Waals surface area contributed by atoms with Crippen LogP contribution in [0.15, 0.2) is 73.4 Å². The first-order valence-electron chi connectivity index (χ1n) is 18.0. The zero-order chi connectivity index (χ0) is 37.9. The molecular formula is C39H40ClN11O4. The molecule has 7 aromatic rings. The van der Waals surface area contributed by atoms with Crippen molar-refractivity contribution in [3.05, 3.63) is 95.6 Å². The molecule has 2 fully saturated rings. The van der Waals surface area contributed by atoms with Gasteiger partial charge in [-0.05, 0) is 53.9 Å². The number of hydrogen-bond acceptors (Lipinski definition) is 13. The number of nitrogens with one attached hydrogen (secondary N) is 1. The summed E-state index contributed by atoms with van der Waals surface area (Å²) >= 11 is 5.97. The maximum atomic E-state index is 5.97. The van der Waals surface area contributed by atoms with E-state index in [0.717, 1.165) is 61.3 Å². The van der Waals surface area contributed by atoms with Crippen molar-refractivity contribution in [2.45, 2.75) is 45.2 Å². The van der Waals surface area contributed by atoms with Gasteiger partial charge in [0.15, 0.2) is 5.82 Å². The molecule has 2 saturated heterocycles. The summed E-state index contributed by atoms with van der Waals surface area (Å²) in [7, 11) is 3.80. The first kappa shape index (κ1) is 36.5. The van der Waals surface area contributed by atoms with Crippen molar-refractivity contribution in [3.63, 3.8) is 0 Å². The number of nitrogens with zero attached hydrogens (tertiary/aromatic N) is 10. The van der Waals surface area contributed by atoms with E-state index in [-0.39, 0.29) is 12.2 Å². The second-order valence-electron chi connectivity index (χ2n) is 13.8. The van der Waals surface area contributed by atoms with Gasteiger partial charge in [-0.2, -0.15) is 15.3 Å². The minimum atomic E-state index is 0.146. The fraction of sp³-hybridized carbons (Fsp3) is 0.333. The molecule has 2 aliphatic heterocycles. The Bertz CT molecular complexity index is 2440. The van der Waals surface area contributed by atoms with Gasteiger partial charge >= 0.3 is 0 Å². The molecule has 282 valence electrons. The normalized spacial score (nSPS) is 14.5. The van der Waals surface area contributed by atoms with Crippen LogP contribution < -0.4 is 5.32 Å². The van der Waals surface area contributed by atoms with Crippen molar-refractivity contribution >= 4 is 45.3 Å². The lowest BCUT2D eigenvalue weighted by Crippen LogP contribution is -2.35. The van der Waals surface area contributed by atoms with Crippen molar-refractivity contribution < 1.29 is 18.9 Å². The summed E-state index contributed by atoms with van der Waals surface area (Å²) in [5.41, 5.74) is 9.90. The van der Waals surface area contributed by atoms with Gasteiger partial charge in [0.25, 0.3) is 0 Å². The number of aromatic nitrogens is 10. The molecule has 0 unspecified atom stereocenters. The lowest BCUT2D eigenvalue weighted by atomic mass is 10.1. The Morgan fingerprint density at radius 3 is 1.84 bits per heavy atom. The highest BCUT2D eigenvalue weighted by molar-refractivity contribution is 6.29. The van der Waals surface area contributed by atoms with Crippen LogP contribution in [-0.4, -0.2) is 88.3 Å². The average Bonchev–Trinajstić information content (AvgIpc) is 3.71. The number of aryl methyl sites for hydroxylation is 2. The second-order valence-corrected chi connectivity index (χ2v) is 14.2. The number of rotatable bonds is 11. The number of pyridine rings is 4. The molecule has 16 heteroatoms. The smallest absolute Gasteiger partial charge is 0.154 e. The third kappa shape index (κ3) is 8.61. The van der Waals surface area contributed by atoms with Crippen molar-refractivity contribution in [1.82, 2.24) is 49.7 Å². The minimum absolute atomic E-state index is 0.146. The van der Waals surface area contributed by atoms with E-state index in [4.69, 9.17) is 35.5 Å². The van der Waals surface area contributed by atoms with Gasteiger partial charge in [0.2, 0.25) is 0 Å². The predicted molar refractivity (Wildman–Crippen MR) is 207 cm³/mol. The Balaban J connectivity index is 0.000000164. The van der Waals surface area contributed by atoms with E-state index in [0.29, 0.717) is 62.3 Å². The fourth-order valence-electron chi connectivity index (χ4n) is 6.02. The van der Waals surface area contributed by atoms with Crippen LogP contribution in [0.5, 0.6) is 0 Å². The minimum Gasteiger partial charge on any atom is -0.376 e. The zero-order valence-electron chi connectivity index (χ0n) is 30.9. The van der Waals surface area contributed by atoms with E-state index < -0.39 is 0 Å². The third-order valence-electron chi connectivity index (χ3n) is 9.20. The monoisotopic (exact) mass is 761 g/mol. The van der Waals surface area contributed by atoms with E-state index in [9.17, 15) is 0 Å². The topological polar surface area (TPSA) is 162 Å². The SMILES string of the molecule is CC(C)c1cnnc(Nc2ccc3ncc(-c4cn(C)nc4COC4COC4)cc3n2)c1.Cn1cc(-c2cnc3ccc(Cl)nc3c2)c(COC2COC2)n1. The molecule has 0 spiro atoms. The summed E-state index contributed by atoms with van der Waals surface area (Å²) in [5, 5.41) is 21.0. The molecule has 9 rings (SSSR count). The second kappa shape index (κ2) is 16.1. The fourth-order valence-corrected chi connectivity index (χ4v) is 6.18. The summed E-state index contributed by atoms with van der Waals surface area (Å²) in [6, 6.07) is 13.4. The van der Waals surface area contributed by atoms with Crippen LogP contribution in [0.25, 0.3) is 44.3 Å². The highest BCUT2D eigenvalue weighted by Crippen LogP contribution is 2.29. The van der Waals surface area contributed by atoms with Crippen molar-refractivity contribution in [1.29, 1.82) is 0 Å². The van der Waals surface area contributed by atoms with Crippen molar-refractivity contribution in [2.24, 2.45) is 14.1 Å². The van der Waals surface area contributed by atoms with Gasteiger partial charge in [-0.25, -0.2) is 9.97 Å². The number of anilines is 2. The molecular weight excluding hydrogens is 722 g/mol. The molecule has 9 heterocycles. The molecule has 0 bridgehead atoms. The van der Waals surface area contributed by atoms with Gasteiger partial charge in [0.05, 0.1) is 79.3 Å². The average molecular weight is 762 g/mol. The van der Waals surface area contributed by atoms with Gasteiger partial charge in [-0.15, -0.1) is 5.10 Å². The van der Waals surface area contributed by atoms with Crippen LogP contribution in [0.1, 0.15) is 36.7 Å². The van der Waals surface area contributed by atoms with E-state index in [1.807, 2.05) is 75.3 Å². The van der Waals surface area contributed by atoms with Gasteiger partial charge in [0, 0.05) is 61.1 Å². The summed E-state index contributed by atoms with van der Waals surface area (Å²) in [4.78, 5) is 18.1. The van der Waals surface area contributed by atoms with Crippen LogP contribution >= 0.6 is 11.6 Å². The van der Waals surface area contributed by atoms with Crippen LogP contribution in [0.4, 0.5) is 11.6 Å². The van der Waals surface area contributed by atoms with Crippen molar-refractivity contribution in [3.8, 4) is 22.3 Å². The third-order valence-corrected chi connectivity index (χ3v) is 9.41. The van der Waals surface area contributed by atoms with Gasteiger partial charge in [-0.1, -0.05) is 25.4 Å². The summed E-state index contributed by atoms with van der Waals surface area (Å²) in [6.45, 7) is 7.73. The van der Waals surface area contributed by atoms with Crippen LogP contribution in [0, 0.1) is 0 Å². The molecule has 7 aromatic heterocycles. The lowest BCUT2D eigenvalue weighted by molar-refractivity contribution is -0.135. The predicted octanol–water partition coefficient (Wildman–Crippen LogP) is 6.20. The summed E-state index contributed by atoms with van der Waals surface area (Å²) < 4.78 is 25.5. The van der Waals surface area contributed by atoms with Gasteiger partial charge < -0.3 is 24.3 Å². The van der Waals surface area contributed by atoms with Crippen LogP contribution in [0.2, 0.25) is 5.15 Å². The van der Waals surface area contributed by atoms with Crippen LogP contribution in [-0.2, 0) is 46.3 Å². The quantitative estimate of drug-likeness (QED) is 0.149. The number of hydrogen-bond donors (Lipinski definition) is 1. The molecule has 0 saturated carbocycles. The van der Waals surface area contributed by atoms with E-state index in [2.05, 4.69) is 54.5 Å². The molecule has 1 N–H and O–H groups in total. The number of ether oxygens (including phenoxy) is 4. The number of halogens is 1. The molecule has 2 aliphatic rings. The van der Waals surface area contributed by atoms with E-state index in [1.54, 1.807) is 21.6 Å². The Morgan fingerprint density at radius 2 is 1.29 bits per heavy atom. The molecule has 0 aliphatic carbocycles. The Morgan fingerprint density at radius 1 is 0.727 bits per heavy atom. The summed E-state index contributed by atoms with van der Waals surface area (Å²) in [5.74, 6) is 1.72. The maximum Gasteiger partial charge on any atom is 0.154 e. The first-order chi connectivity index (χ1) is 26.7. The Kier molecular flexibility index (Phi) is 10.7. The Hall–Kier alpha value is -5.45. The molecule has 0 amide bonds. The Labute approximate surface area is 322 Å². The molecule has 0 aromatic carbocycles. The highest BCUT2D eigenvalue weighted by atomic mass is 35.5.